The van der Waals surface area contributed by atoms with Gasteiger partial charge in [0.2, 0.25) is 0 Å². The summed E-state index contributed by atoms with van der Waals surface area (Å²) in [6.07, 6.45) is 24.0. The molecule has 20 nitrogen and oxygen atoms in total. The van der Waals surface area contributed by atoms with Gasteiger partial charge in [0.25, 0.3) is 0 Å². The second-order valence-electron chi connectivity index (χ2n) is 16.8. The van der Waals surface area contributed by atoms with Gasteiger partial charge in [0, 0.05) is 19.0 Å². The number of ether oxygens (including phenoxy) is 3. The van der Waals surface area contributed by atoms with Crippen molar-refractivity contribution in [1.82, 2.24) is 9.55 Å². The van der Waals surface area contributed by atoms with Gasteiger partial charge in [-0.15, -0.1) is 0 Å². The summed E-state index contributed by atoms with van der Waals surface area (Å²) in [4.78, 5) is 61.6. The highest BCUT2D eigenvalue weighted by Crippen LogP contribution is 2.60. The summed E-state index contributed by atoms with van der Waals surface area (Å²) >= 11 is 0. The zero-order chi connectivity index (χ0) is 51.1. The number of aliphatic hydroxyl groups is 4. The number of rotatable bonds is 36. The predicted molar refractivity (Wildman–Crippen MR) is 259 cm³/mol. The van der Waals surface area contributed by atoms with Crippen molar-refractivity contribution in [2.75, 3.05) is 25.6 Å². The second-order valence-corrected chi connectivity index (χ2v) is 19.8. The normalized spacial score (nSPS) is 21.0. The number of carbonyl (C=O) groups excluding carboxylic acids is 2. The third-order valence-corrected chi connectivity index (χ3v) is 12.8. The van der Waals surface area contributed by atoms with Crippen molar-refractivity contribution in [3.63, 3.8) is 0 Å². The fourth-order valence-electron chi connectivity index (χ4n) is 6.46. The summed E-state index contributed by atoms with van der Waals surface area (Å²) in [7, 11) is -10.9. The molecule has 0 amide bonds. The Morgan fingerprint density at radius 1 is 0.812 bits per heavy atom. The van der Waals surface area contributed by atoms with E-state index in [1.807, 2.05) is 37.3 Å². The highest BCUT2D eigenvalue weighted by Gasteiger charge is 2.46. The number of aromatic nitrogens is 2. The maximum Gasteiger partial charge on any atom is 0.481 e. The molecule has 9 atom stereocenters. The Morgan fingerprint density at radius 3 is 2.06 bits per heavy atom. The van der Waals surface area contributed by atoms with Crippen LogP contribution in [0.15, 0.2) is 90.0 Å². The van der Waals surface area contributed by atoms with Crippen molar-refractivity contribution in [3.05, 3.63) is 95.7 Å². The van der Waals surface area contributed by atoms with Crippen LogP contribution in [0, 0.1) is 5.92 Å². The van der Waals surface area contributed by atoms with Crippen LogP contribution < -0.4 is 11.4 Å². The summed E-state index contributed by atoms with van der Waals surface area (Å²) in [6, 6.07) is 1.23. The molecule has 0 radical (unpaired) electrons. The summed E-state index contributed by atoms with van der Waals surface area (Å²) < 4.78 is 56.4. The topological polar surface area (TPSA) is 306 Å². The number of nitrogen functional groups attached to an aromatic ring is 1. The number of aliphatic hydroxyl groups excluding tert-OH is 4. The Kier molecular flexibility index (Phi) is 30.6. The largest absolute Gasteiger partial charge is 0.481 e. The third-order valence-electron chi connectivity index (χ3n) is 10.2. The Morgan fingerprint density at radius 2 is 1.42 bits per heavy atom. The van der Waals surface area contributed by atoms with Crippen molar-refractivity contribution in [1.29, 1.82) is 0 Å². The monoisotopic (exact) mass is 1020 g/mol. The van der Waals surface area contributed by atoms with Crippen LogP contribution in [0.4, 0.5) is 5.82 Å². The molecule has 69 heavy (non-hydrogen) atoms. The summed E-state index contributed by atoms with van der Waals surface area (Å²) in [5, 5.41) is 40.9. The number of carbonyl (C=O) groups is 2. The number of esters is 2. The maximum absolute atomic E-state index is 12.8. The zero-order valence-corrected chi connectivity index (χ0v) is 41.8. The minimum atomic E-state index is -5.45. The van der Waals surface area contributed by atoms with Crippen LogP contribution in [0.25, 0.3) is 0 Å². The van der Waals surface area contributed by atoms with Crippen LogP contribution >= 0.6 is 15.6 Å². The molecule has 390 valence electrons. The smallest absolute Gasteiger partial charge is 0.462 e. The van der Waals surface area contributed by atoms with E-state index < -0.39 is 95.9 Å². The fraction of sp³-hybridized carbons (Fsp3) is 0.617. The lowest BCUT2D eigenvalue weighted by molar-refractivity contribution is -0.161. The molecule has 0 aromatic carbocycles. The molecular weight excluding hydrogens is 940 g/mol. The van der Waals surface area contributed by atoms with E-state index in [9.17, 15) is 53.7 Å². The van der Waals surface area contributed by atoms with E-state index in [0.717, 1.165) is 49.3 Å². The van der Waals surface area contributed by atoms with Gasteiger partial charge in [-0.3, -0.25) is 23.2 Å². The minimum Gasteiger partial charge on any atom is -0.462 e. The van der Waals surface area contributed by atoms with E-state index in [1.54, 1.807) is 42.5 Å². The molecule has 0 saturated carbocycles. The summed E-state index contributed by atoms with van der Waals surface area (Å²) in [5.74, 6) is -0.818. The van der Waals surface area contributed by atoms with E-state index in [2.05, 4.69) is 23.1 Å². The number of unbranched alkanes of at least 4 members (excludes halogenated alkanes) is 6. The molecule has 22 heteroatoms. The Bertz CT molecular complexity index is 1990. The average Bonchev–Trinajstić information content (AvgIpc) is 3.56. The van der Waals surface area contributed by atoms with Crippen LogP contribution in [-0.4, -0.2) is 108 Å². The zero-order valence-electron chi connectivity index (χ0n) is 40.0. The maximum atomic E-state index is 12.8. The SMILES string of the molecule is CC/C=C\C[C@@H](O)/C=C/C=C\C=C\[C@@H](O)C/C=C\C/C=C\CCC(=O)OC[C@H](COP(=O)(O)OP(=O)(O)OC[C@H]1O[C@@H](n2ccc(N)nc2=O)[C@H](O)[C@@H]1O)OC(=O)CCCCCCCCCC(C)C. The molecule has 1 aromatic rings. The molecule has 2 heterocycles. The van der Waals surface area contributed by atoms with E-state index in [0.29, 0.717) is 38.0 Å². The second kappa shape index (κ2) is 34.4. The van der Waals surface area contributed by atoms with Gasteiger partial charge in [-0.25, -0.2) is 13.9 Å². The van der Waals surface area contributed by atoms with Gasteiger partial charge in [0.15, 0.2) is 12.3 Å². The fourth-order valence-corrected chi connectivity index (χ4v) is 8.57. The Hall–Kier alpha value is -3.88. The molecule has 0 spiro atoms. The quantitative estimate of drug-likeness (QED) is 0.0120. The summed E-state index contributed by atoms with van der Waals surface area (Å²) in [5.41, 5.74) is 4.56. The number of anilines is 1. The van der Waals surface area contributed by atoms with Crippen LogP contribution in [0.2, 0.25) is 0 Å². The molecule has 0 aliphatic carbocycles. The van der Waals surface area contributed by atoms with Crippen molar-refractivity contribution in [2.24, 2.45) is 5.92 Å². The average molecular weight is 1020 g/mol. The first-order valence-corrected chi connectivity index (χ1v) is 26.5. The number of phosphoric acid groups is 2. The van der Waals surface area contributed by atoms with Gasteiger partial charge in [0.1, 0.15) is 30.7 Å². The molecule has 0 bridgehead atoms. The molecule has 2 rings (SSSR count). The number of hydrogen-bond donors (Lipinski definition) is 7. The first kappa shape index (κ1) is 61.2. The van der Waals surface area contributed by atoms with Crippen LogP contribution in [-0.2, 0) is 46.3 Å². The molecule has 1 fully saturated rings. The van der Waals surface area contributed by atoms with E-state index in [-0.39, 0.29) is 18.7 Å². The lowest BCUT2D eigenvalue weighted by atomic mass is 10.0. The van der Waals surface area contributed by atoms with Crippen LogP contribution in [0.1, 0.15) is 123 Å². The highest BCUT2D eigenvalue weighted by atomic mass is 31.3. The van der Waals surface area contributed by atoms with Crippen molar-refractivity contribution < 1.29 is 76.5 Å². The molecule has 1 aromatic heterocycles. The lowest BCUT2D eigenvalue weighted by Crippen LogP contribution is -2.36. The third kappa shape index (κ3) is 28.5. The van der Waals surface area contributed by atoms with E-state index >= 15 is 0 Å². The Balaban J connectivity index is 1.86. The molecule has 8 N–H and O–H groups in total. The lowest BCUT2D eigenvalue weighted by Gasteiger charge is -2.21. The van der Waals surface area contributed by atoms with Crippen molar-refractivity contribution in [3.8, 4) is 0 Å². The minimum absolute atomic E-state index is 0.00714. The first-order valence-electron chi connectivity index (χ1n) is 23.5. The molecule has 2 unspecified atom stereocenters. The van der Waals surface area contributed by atoms with Gasteiger partial charge in [-0.05, 0) is 50.5 Å². The van der Waals surface area contributed by atoms with Crippen LogP contribution in [0.5, 0.6) is 0 Å². The van der Waals surface area contributed by atoms with Gasteiger partial charge in [-0.1, -0.05) is 139 Å². The number of nitrogens with zero attached hydrogens (tertiary/aromatic N) is 2. The van der Waals surface area contributed by atoms with Crippen molar-refractivity contribution >= 4 is 33.4 Å². The van der Waals surface area contributed by atoms with Gasteiger partial charge in [-0.2, -0.15) is 9.29 Å². The first-order chi connectivity index (χ1) is 32.8. The van der Waals surface area contributed by atoms with E-state index in [4.69, 9.17) is 29.0 Å². The highest BCUT2D eigenvalue weighted by molar-refractivity contribution is 7.61. The molecule has 1 aliphatic rings. The number of hydrogen-bond acceptors (Lipinski definition) is 17. The van der Waals surface area contributed by atoms with Crippen molar-refractivity contribution in [2.45, 2.75) is 160 Å². The number of phosphoric ester groups is 2. The van der Waals surface area contributed by atoms with Gasteiger partial charge in [0.05, 0.1) is 25.4 Å². The number of allylic oxidation sites excluding steroid dienone is 8. The number of nitrogens with two attached hydrogens (primary N) is 1. The van der Waals surface area contributed by atoms with E-state index in [1.165, 1.54) is 18.9 Å². The standard InChI is InChI=1S/C47H75N3O17P2/c1-4-5-17-25-37(51)27-20-15-16-21-28-38(52)26-19-12-9-10-13-22-29-42(53)62-33-39(65-43(54)30-23-14-8-6-7-11-18-24-36(2)3)34-63-68(58,59)67-69(60,61)64-35-40-44(55)45(56)46(66-40)50-32-31-41(48)49-47(50)57/h5,10,12-13,15-17,19-21,27-28,31-32,36-40,44-46,51-52,55-56H,4,6-9,11,14,18,22-26,29-30,33-35H2,1-3H3,(H,58,59)(H,60,61)(H2,48,49,57)/b13-10-,16-15-,17-5-,19-12-,27-20+,28-21+/t37-,38+,39-,40-,44-,45-,46-/m1/s1. The van der Waals surface area contributed by atoms with Gasteiger partial charge >= 0.3 is 33.3 Å². The van der Waals surface area contributed by atoms with Gasteiger partial charge < -0.3 is 50.2 Å². The summed E-state index contributed by atoms with van der Waals surface area (Å²) in [6.45, 7) is 3.96. The Labute approximate surface area is 405 Å². The van der Waals surface area contributed by atoms with Crippen LogP contribution in [0.3, 0.4) is 0 Å². The molecular formula is C47H75N3O17P2. The molecule has 1 saturated heterocycles. The molecule has 1 aliphatic heterocycles. The predicted octanol–water partition coefficient (Wildman–Crippen LogP) is 6.74.